The predicted octanol–water partition coefficient (Wildman–Crippen LogP) is 3.70. The quantitative estimate of drug-likeness (QED) is 0.564. The van der Waals surface area contributed by atoms with Gasteiger partial charge in [-0.15, -0.1) is 10.2 Å². The zero-order valence-corrected chi connectivity index (χ0v) is 15.9. The molecule has 0 atom stereocenters. The molecule has 1 aliphatic rings. The largest absolute Gasteiger partial charge is 0.361 e. The number of nitrogens with one attached hydrogen (secondary N) is 2. The Balaban J connectivity index is 1.24. The molecule has 144 valence electrons. The molecule has 2 N–H and O–H groups in total. The highest BCUT2D eigenvalue weighted by Crippen LogP contribution is 2.23. The van der Waals surface area contributed by atoms with Gasteiger partial charge in [0.2, 0.25) is 5.91 Å². The minimum Gasteiger partial charge on any atom is -0.361 e. The van der Waals surface area contributed by atoms with Crippen LogP contribution in [0.1, 0.15) is 16.7 Å². The van der Waals surface area contributed by atoms with Crippen LogP contribution in [-0.4, -0.2) is 27.6 Å². The van der Waals surface area contributed by atoms with E-state index < -0.39 is 0 Å². The Labute approximate surface area is 168 Å². The number of amides is 1. The molecule has 5 rings (SSSR count). The van der Waals surface area contributed by atoms with E-state index in [9.17, 15) is 4.79 Å². The van der Waals surface area contributed by atoms with Crippen molar-refractivity contribution in [2.24, 2.45) is 0 Å². The van der Waals surface area contributed by atoms with E-state index in [1.165, 1.54) is 11.1 Å². The minimum atomic E-state index is -0.108. The lowest BCUT2D eigenvalue weighted by atomic mass is 10.00. The van der Waals surface area contributed by atoms with Gasteiger partial charge in [-0.05, 0) is 41.3 Å². The van der Waals surface area contributed by atoms with Crippen LogP contribution in [0.25, 0.3) is 10.9 Å². The first-order valence-electron chi connectivity index (χ1n) is 9.76. The zero-order valence-electron chi connectivity index (χ0n) is 15.9. The summed E-state index contributed by atoms with van der Waals surface area (Å²) in [6.45, 7) is 1.75. The lowest BCUT2D eigenvalue weighted by Crippen LogP contribution is -2.31. The van der Waals surface area contributed by atoms with Crippen molar-refractivity contribution >= 4 is 28.4 Å². The van der Waals surface area contributed by atoms with Gasteiger partial charge < -0.3 is 15.2 Å². The van der Waals surface area contributed by atoms with Crippen LogP contribution in [0.4, 0.5) is 11.6 Å². The number of H-pyrrole nitrogens is 1. The van der Waals surface area contributed by atoms with Crippen LogP contribution < -0.4 is 10.2 Å². The number of rotatable bonds is 4. The summed E-state index contributed by atoms with van der Waals surface area (Å²) in [6.07, 6.45) is 3.17. The topological polar surface area (TPSA) is 73.9 Å². The molecular formula is C23H21N5O. The number of hydrogen-bond donors (Lipinski definition) is 2. The molecule has 0 unspecified atom stereocenters. The molecule has 6 heteroatoms. The van der Waals surface area contributed by atoms with Crippen molar-refractivity contribution in [3.8, 4) is 0 Å². The third-order valence-corrected chi connectivity index (χ3v) is 5.40. The van der Waals surface area contributed by atoms with Gasteiger partial charge in [0.1, 0.15) is 0 Å². The Morgan fingerprint density at radius 3 is 2.69 bits per heavy atom. The number of carbonyl (C=O) groups excluding carboxylic acids is 1. The van der Waals surface area contributed by atoms with Crippen LogP contribution in [-0.2, 0) is 24.2 Å². The molecule has 3 heterocycles. The van der Waals surface area contributed by atoms with Crippen LogP contribution in [0.2, 0.25) is 0 Å². The van der Waals surface area contributed by atoms with Gasteiger partial charge in [-0.25, -0.2) is 0 Å². The summed E-state index contributed by atoms with van der Waals surface area (Å²) in [6, 6.07) is 20.2. The van der Waals surface area contributed by atoms with Gasteiger partial charge >= 0.3 is 0 Å². The summed E-state index contributed by atoms with van der Waals surface area (Å²) in [5, 5.41) is 12.5. The number of aromatic amines is 1. The Morgan fingerprint density at radius 1 is 1.00 bits per heavy atom. The molecule has 0 saturated heterocycles. The maximum absolute atomic E-state index is 12.4. The van der Waals surface area contributed by atoms with Crippen molar-refractivity contribution in [1.29, 1.82) is 0 Å². The van der Waals surface area contributed by atoms with E-state index >= 15 is 0 Å². The second-order valence-electron chi connectivity index (χ2n) is 7.30. The second-order valence-corrected chi connectivity index (χ2v) is 7.30. The molecule has 1 amide bonds. The number of para-hydroxylation sites is 1. The second kappa shape index (κ2) is 7.39. The molecule has 0 bridgehead atoms. The van der Waals surface area contributed by atoms with Crippen molar-refractivity contribution in [2.45, 2.75) is 19.4 Å². The van der Waals surface area contributed by atoms with Gasteiger partial charge in [0, 0.05) is 30.2 Å². The first kappa shape index (κ1) is 17.4. The Hall–Kier alpha value is -3.67. The monoisotopic (exact) mass is 383 g/mol. The molecule has 0 aliphatic carbocycles. The Morgan fingerprint density at radius 2 is 1.83 bits per heavy atom. The number of hydrogen-bond acceptors (Lipinski definition) is 4. The van der Waals surface area contributed by atoms with Crippen molar-refractivity contribution in [3.05, 3.63) is 83.6 Å². The minimum absolute atomic E-state index is 0.108. The van der Waals surface area contributed by atoms with Crippen molar-refractivity contribution in [2.75, 3.05) is 16.8 Å². The maximum Gasteiger partial charge on any atom is 0.230 e. The maximum atomic E-state index is 12.4. The van der Waals surface area contributed by atoms with E-state index in [1.807, 2.05) is 42.6 Å². The number of nitrogens with zero attached hydrogens (tertiary/aromatic N) is 3. The Bertz CT molecular complexity index is 1170. The van der Waals surface area contributed by atoms with Gasteiger partial charge in [0.25, 0.3) is 0 Å². The summed E-state index contributed by atoms with van der Waals surface area (Å²) >= 11 is 0. The summed E-state index contributed by atoms with van der Waals surface area (Å²) < 4.78 is 0. The average molecular weight is 383 g/mol. The SMILES string of the molecule is O=C(Cc1c[nH]c2ccccc12)Nc1ccc(N2CCc3ccccc3C2)nn1. The Kier molecular flexibility index (Phi) is 4.44. The van der Waals surface area contributed by atoms with E-state index in [0.717, 1.165) is 41.8 Å². The highest BCUT2D eigenvalue weighted by atomic mass is 16.1. The fourth-order valence-electron chi connectivity index (χ4n) is 3.89. The molecule has 29 heavy (non-hydrogen) atoms. The van der Waals surface area contributed by atoms with Gasteiger partial charge in [-0.1, -0.05) is 42.5 Å². The van der Waals surface area contributed by atoms with Gasteiger partial charge in [-0.2, -0.15) is 0 Å². The zero-order chi connectivity index (χ0) is 19.6. The molecule has 0 spiro atoms. The lowest BCUT2D eigenvalue weighted by molar-refractivity contribution is -0.115. The number of aromatic nitrogens is 3. The van der Waals surface area contributed by atoms with E-state index in [1.54, 1.807) is 0 Å². The van der Waals surface area contributed by atoms with Crippen molar-refractivity contribution < 1.29 is 4.79 Å². The highest BCUT2D eigenvalue weighted by Gasteiger charge is 2.17. The standard InChI is InChI=1S/C23H21N5O/c29-23(13-18-14-24-20-8-4-3-7-19(18)20)25-21-9-10-22(27-26-21)28-12-11-16-5-1-2-6-17(16)15-28/h1-10,14,24H,11-13,15H2,(H,25,26,29). The van der Waals surface area contributed by atoms with E-state index in [2.05, 4.69) is 49.7 Å². The van der Waals surface area contributed by atoms with Gasteiger partial charge in [0.15, 0.2) is 11.6 Å². The first-order chi connectivity index (χ1) is 14.3. The van der Waals surface area contributed by atoms with Crippen LogP contribution in [0, 0.1) is 0 Å². The van der Waals surface area contributed by atoms with Crippen molar-refractivity contribution in [1.82, 2.24) is 15.2 Å². The number of benzene rings is 2. The third-order valence-electron chi connectivity index (χ3n) is 5.40. The third kappa shape index (κ3) is 3.57. The van der Waals surface area contributed by atoms with Crippen LogP contribution >= 0.6 is 0 Å². The van der Waals surface area contributed by atoms with Gasteiger partial charge in [0.05, 0.1) is 6.42 Å². The van der Waals surface area contributed by atoms with Crippen LogP contribution in [0.5, 0.6) is 0 Å². The predicted molar refractivity (Wildman–Crippen MR) is 114 cm³/mol. The fraction of sp³-hybridized carbons (Fsp3) is 0.174. The summed E-state index contributed by atoms with van der Waals surface area (Å²) in [5.41, 5.74) is 4.73. The summed E-state index contributed by atoms with van der Waals surface area (Å²) in [5.74, 6) is 1.19. The lowest BCUT2D eigenvalue weighted by Gasteiger charge is -2.29. The average Bonchev–Trinajstić information content (AvgIpc) is 3.17. The van der Waals surface area contributed by atoms with E-state index in [-0.39, 0.29) is 12.3 Å². The number of carbonyl (C=O) groups is 1. The molecule has 2 aromatic heterocycles. The number of anilines is 2. The van der Waals surface area contributed by atoms with E-state index in [0.29, 0.717) is 5.82 Å². The first-order valence-corrected chi connectivity index (χ1v) is 9.76. The van der Waals surface area contributed by atoms with Crippen LogP contribution in [0.3, 0.4) is 0 Å². The summed E-state index contributed by atoms with van der Waals surface area (Å²) in [7, 11) is 0. The number of fused-ring (bicyclic) bond motifs is 2. The highest BCUT2D eigenvalue weighted by molar-refractivity contribution is 5.95. The van der Waals surface area contributed by atoms with Crippen LogP contribution in [0.15, 0.2) is 66.9 Å². The summed E-state index contributed by atoms with van der Waals surface area (Å²) in [4.78, 5) is 17.9. The van der Waals surface area contributed by atoms with E-state index in [4.69, 9.17) is 0 Å². The molecule has 6 nitrogen and oxygen atoms in total. The molecule has 0 radical (unpaired) electrons. The smallest absolute Gasteiger partial charge is 0.230 e. The molecule has 0 fully saturated rings. The molecule has 1 aliphatic heterocycles. The van der Waals surface area contributed by atoms with Crippen molar-refractivity contribution in [3.63, 3.8) is 0 Å². The van der Waals surface area contributed by atoms with Gasteiger partial charge in [-0.3, -0.25) is 4.79 Å². The normalized spacial score (nSPS) is 13.3. The molecule has 2 aromatic carbocycles. The fourth-order valence-corrected chi connectivity index (χ4v) is 3.89. The molecular weight excluding hydrogens is 362 g/mol. The molecule has 4 aromatic rings. The molecule has 0 saturated carbocycles.